The van der Waals surface area contributed by atoms with Crippen molar-refractivity contribution in [2.45, 2.75) is 18.9 Å². The van der Waals surface area contributed by atoms with Gasteiger partial charge in [-0.1, -0.05) is 0 Å². The number of hydrogen-bond acceptors (Lipinski definition) is 4. The first-order chi connectivity index (χ1) is 9.74. The number of halogens is 1. The molecule has 0 aromatic carbocycles. The molecule has 2 aromatic rings. The van der Waals surface area contributed by atoms with Crippen LogP contribution in [0.4, 0.5) is 0 Å². The third-order valence-corrected chi connectivity index (χ3v) is 4.28. The Kier molecular flexibility index (Phi) is 5.33. The fraction of sp³-hybridized carbons (Fsp3) is 0.462. The van der Waals surface area contributed by atoms with Crippen LogP contribution in [-0.4, -0.2) is 33.3 Å². The van der Waals surface area contributed by atoms with Gasteiger partial charge in [-0.25, -0.2) is 0 Å². The van der Waals surface area contributed by atoms with Gasteiger partial charge in [0.25, 0.3) is 5.91 Å². The average Bonchev–Trinajstić information content (AvgIpc) is 3.10. The van der Waals surface area contributed by atoms with Gasteiger partial charge in [-0.05, 0) is 25.5 Å². The summed E-state index contributed by atoms with van der Waals surface area (Å²) in [6, 6.07) is 2.08. The van der Waals surface area contributed by atoms with Crippen molar-refractivity contribution in [1.82, 2.24) is 19.7 Å². The van der Waals surface area contributed by atoms with Gasteiger partial charge < -0.3 is 9.88 Å². The van der Waals surface area contributed by atoms with Crippen LogP contribution in [0, 0.1) is 0 Å². The minimum absolute atomic E-state index is 0. The molecule has 1 N–H and O–H groups in total. The van der Waals surface area contributed by atoms with Crippen LogP contribution in [0.3, 0.4) is 0 Å². The second kappa shape index (κ2) is 7.02. The van der Waals surface area contributed by atoms with Crippen LogP contribution in [0.25, 0.3) is 0 Å². The smallest absolute Gasteiger partial charge is 0.300 e. The number of carbonyl (C=O) groups excluding carboxylic acids is 1. The molecule has 1 aliphatic rings. The highest BCUT2D eigenvalue weighted by Gasteiger charge is 2.17. The summed E-state index contributed by atoms with van der Waals surface area (Å²) in [6.45, 7) is 1.97. The van der Waals surface area contributed by atoms with Crippen LogP contribution >= 0.6 is 23.7 Å². The summed E-state index contributed by atoms with van der Waals surface area (Å²) in [7, 11) is 1.87. The molecule has 1 aliphatic heterocycles. The van der Waals surface area contributed by atoms with Gasteiger partial charge >= 0.3 is 0 Å². The molecule has 21 heavy (non-hydrogen) atoms. The summed E-state index contributed by atoms with van der Waals surface area (Å²) in [5, 5.41) is 9.62. The highest BCUT2D eigenvalue weighted by atomic mass is 35.5. The van der Waals surface area contributed by atoms with Crippen molar-refractivity contribution in [2.75, 3.05) is 13.1 Å². The van der Waals surface area contributed by atoms with Crippen molar-refractivity contribution in [3.05, 3.63) is 34.3 Å². The summed E-state index contributed by atoms with van der Waals surface area (Å²) in [5.41, 5.74) is 0.406. The lowest BCUT2D eigenvalue weighted by molar-refractivity contribution is 0.0992. The van der Waals surface area contributed by atoms with E-state index in [1.807, 2.05) is 34.1 Å². The zero-order chi connectivity index (χ0) is 13.9. The SMILES string of the molecule is Cl.Cn1ccsc1=NC(=O)c1ccn(C2CCCNC2)n1. The van der Waals surface area contributed by atoms with Crippen molar-refractivity contribution in [3.63, 3.8) is 0 Å². The van der Waals surface area contributed by atoms with Crippen LogP contribution in [-0.2, 0) is 7.05 Å². The Hall–Kier alpha value is -1.44. The van der Waals surface area contributed by atoms with Gasteiger partial charge in [-0.3, -0.25) is 9.48 Å². The monoisotopic (exact) mass is 327 g/mol. The summed E-state index contributed by atoms with van der Waals surface area (Å²) in [6.07, 6.45) is 5.99. The number of aromatic nitrogens is 3. The first kappa shape index (κ1) is 15.9. The molecule has 114 valence electrons. The van der Waals surface area contributed by atoms with Gasteiger partial charge in [-0.15, -0.1) is 23.7 Å². The van der Waals surface area contributed by atoms with Gasteiger partial charge in [-0.2, -0.15) is 10.1 Å². The molecule has 1 amide bonds. The Morgan fingerprint density at radius 1 is 1.52 bits per heavy atom. The van der Waals surface area contributed by atoms with Crippen molar-refractivity contribution < 1.29 is 4.79 Å². The van der Waals surface area contributed by atoms with E-state index >= 15 is 0 Å². The molecular weight excluding hydrogens is 310 g/mol. The molecule has 0 saturated carbocycles. The van der Waals surface area contributed by atoms with Gasteiger partial charge in [0, 0.05) is 31.4 Å². The molecule has 0 spiro atoms. The molecule has 6 nitrogen and oxygen atoms in total. The summed E-state index contributed by atoms with van der Waals surface area (Å²) in [4.78, 5) is 16.9. The van der Waals surface area contributed by atoms with E-state index in [4.69, 9.17) is 0 Å². The molecule has 0 bridgehead atoms. The Bertz CT molecular complexity index is 668. The first-order valence-electron chi connectivity index (χ1n) is 6.69. The Morgan fingerprint density at radius 2 is 2.38 bits per heavy atom. The second-order valence-electron chi connectivity index (χ2n) is 4.89. The molecule has 1 fully saturated rings. The van der Waals surface area contributed by atoms with Crippen LogP contribution < -0.4 is 10.1 Å². The Balaban J connectivity index is 0.00000161. The number of aryl methyl sites for hydroxylation is 1. The number of carbonyl (C=O) groups is 1. The van der Waals surface area contributed by atoms with E-state index in [0.717, 1.165) is 25.9 Å². The lowest BCUT2D eigenvalue weighted by atomic mass is 10.1. The van der Waals surface area contributed by atoms with E-state index in [1.54, 1.807) is 6.07 Å². The second-order valence-corrected chi connectivity index (χ2v) is 5.77. The van der Waals surface area contributed by atoms with E-state index in [2.05, 4.69) is 15.4 Å². The molecule has 0 aliphatic carbocycles. The Labute approximate surface area is 132 Å². The van der Waals surface area contributed by atoms with Crippen molar-refractivity contribution in [2.24, 2.45) is 12.0 Å². The molecule has 1 atom stereocenters. The topological polar surface area (TPSA) is 64.2 Å². The maximum atomic E-state index is 12.1. The minimum atomic E-state index is -0.287. The fourth-order valence-electron chi connectivity index (χ4n) is 2.29. The number of thiazole rings is 1. The lowest BCUT2D eigenvalue weighted by Crippen LogP contribution is -2.32. The maximum absolute atomic E-state index is 12.1. The van der Waals surface area contributed by atoms with E-state index in [1.165, 1.54) is 11.3 Å². The van der Waals surface area contributed by atoms with Gasteiger partial charge in [0.05, 0.1) is 6.04 Å². The summed E-state index contributed by atoms with van der Waals surface area (Å²) >= 11 is 1.44. The fourth-order valence-corrected chi connectivity index (χ4v) is 3.02. The van der Waals surface area contributed by atoms with Gasteiger partial charge in [0.2, 0.25) is 0 Å². The molecule has 2 aromatic heterocycles. The third-order valence-electron chi connectivity index (χ3n) is 3.43. The highest BCUT2D eigenvalue weighted by Crippen LogP contribution is 2.15. The summed E-state index contributed by atoms with van der Waals surface area (Å²) < 4.78 is 3.70. The highest BCUT2D eigenvalue weighted by molar-refractivity contribution is 7.07. The Morgan fingerprint density at radius 3 is 3.05 bits per heavy atom. The third kappa shape index (κ3) is 3.61. The average molecular weight is 328 g/mol. The van der Waals surface area contributed by atoms with Crippen LogP contribution in [0.1, 0.15) is 29.4 Å². The van der Waals surface area contributed by atoms with Crippen LogP contribution in [0.15, 0.2) is 28.8 Å². The molecule has 1 unspecified atom stereocenters. The molecule has 0 radical (unpaired) electrons. The lowest BCUT2D eigenvalue weighted by Gasteiger charge is -2.22. The number of amides is 1. The van der Waals surface area contributed by atoms with E-state index in [0.29, 0.717) is 16.5 Å². The predicted molar refractivity (Wildman–Crippen MR) is 83.8 cm³/mol. The molecular formula is C13H18ClN5OS. The van der Waals surface area contributed by atoms with E-state index in [9.17, 15) is 4.79 Å². The zero-order valence-electron chi connectivity index (χ0n) is 11.7. The molecule has 8 heteroatoms. The van der Waals surface area contributed by atoms with Crippen molar-refractivity contribution >= 4 is 29.7 Å². The van der Waals surface area contributed by atoms with Gasteiger partial charge in [0.1, 0.15) is 0 Å². The number of nitrogens with zero attached hydrogens (tertiary/aromatic N) is 4. The molecule has 3 rings (SSSR count). The molecule has 1 saturated heterocycles. The normalized spacial score (nSPS) is 19.3. The maximum Gasteiger partial charge on any atom is 0.300 e. The number of rotatable bonds is 2. The van der Waals surface area contributed by atoms with Gasteiger partial charge in [0.15, 0.2) is 10.5 Å². The van der Waals surface area contributed by atoms with Crippen molar-refractivity contribution in [3.8, 4) is 0 Å². The van der Waals surface area contributed by atoms with Crippen molar-refractivity contribution in [1.29, 1.82) is 0 Å². The number of piperidine rings is 1. The number of hydrogen-bond donors (Lipinski definition) is 1. The summed E-state index contributed by atoms with van der Waals surface area (Å²) in [5.74, 6) is -0.287. The minimum Gasteiger partial charge on any atom is -0.327 e. The standard InChI is InChI=1S/C13H17N5OS.ClH/c1-17-7-8-20-13(17)15-12(19)11-4-6-18(16-11)10-3-2-5-14-9-10;/h4,6-8,10,14H,2-3,5,9H2,1H3;1H. The van der Waals surface area contributed by atoms with E-state index < -0.39 is 0 Å². The number of nitrogens with one attached hydrogen (secondary N) is 1. The van der Waals surface area contributed by atoms with E-state index in [-0.39, 0.29) is 18.3 Å². The molecule has 3 heterocycles. The predicted octanol–water partition coefficient (Wildman–Crippen LogP) is 1.37. The first-order valence-corrected chi connectivity index (χ1v) is 7.57. The van der Waals surface area contributed by atoms with Crippen LogP contribution in [0.2, 0.25) is 0 Å². The largest absolute Gasteiger partial charge is 0.327 e. The zero-order valence-corrected chi connectivity index (χ0v) is 13.4. The quantitative estimate of drug-likeness (QED) is 0.906. The van der Waals surface area contributed by atoms with Crippen LogP contribution in [0.5, 0.6) is 0 Å².